The first-order valence-corrected chi connectivity index (χ1v) is 5.70. The van der Waals surface area contributed by atoms with Crippen molar-refractivity contribution in [2.24, 2.45) is 17.8 Å². The third-order valence-electron chi connectivity index (χ3n) is 3.42. The van der Waals surface area contributed by atoms with E-state index < -0.39 is 0 Å². The summed E-state index contributed by atoms with van der Waals surface area (Å²) in [6.07, 6.45) is 8.89. The Kier molecular flexibility index (Phi) is 4.11. The normalized spacial score (nSPS) is 33.0. The molecule has 2 unspecified atom stereocenters. The molecule has 0 amide bonds. The monoisotopic (exact) mass is 168 g/mol. The highest BCUT2D eigenvalue weighted by molar-refractivity contribution is 4.69. The molecule has 0 radical (unpaired) electrons. The van der Waals surface area contributed by atoms with Gasteiger partial charge in [-0.25, -0.2) is 0 Å². The van der Waals surface area contributed by atoms with Gasteiger partial charge in [-0.2, -0.15) is 0 Å². The van der Waals surface area contributed by atoms with E-state index in [1.165, 1.54) is 38.5 Å². The summed E-state index contributed by atoms with van der Waals surface area (Å²) in [6.45, 7) is 7.21. The van der Waals surface area contributed by atoms with Gasteiger partial charge in [0.25, 0.3) is 0 Å². The molecule has 0 heterocycles. The minimum Gasteiger partial charge on any atom is -0.0625 e. The Morgan fingerprint density at radius 3 is 2.33 bits per heavy atom. The molecule has 1 fully saturated rings. The van der Waals surface area contributed by atoms with E-state index in [1.54, 1.807) is 0 Å². The highest BCUT2D eigenvalue weighted by Gasteiger charge is 2.18. The molecule has 1 rings (SSSR count). The van der Waals surface area contributed by atoms with Crippen LogP contribution in [0.4, 0.5) is 0 Å². The van der Waals surface area contributed by atoms with Crippen LogP contribution in [0.15, 0.2) is 0 Å². The number of rotatable bonds is 1. The van der Waals surface area contributed by atoms with Crippen molar-refractivity contribution in [3.05, 3.63) is 0 Å². The lowest BCUT2D eigenvalue weighted by atomic mass is 9.80. The van der Waals surface area contributed by atoms with Gasteiger partial charge in [0.2, 0.25) is 0 Å². The molecule has 0 bridgehead atoms. The van der Waals surface area contributed by atoms with Gasteiger partial charge in [-0.1, -0.05) is 52.9 Å². The molecule has 0 aromatic carbocycles. The molecular formula is C12H24. The van der Waals surface area contributed by atoms with E-state index in [1.807, 2.05) is 0 Å². The second kappa shape index (κ2) is 4.89. The van der Waals surface area contributed by atoms with Crippen LogP contribution in [0.25, 0.3) is 0 Å². The van der Waals surface area contributed by atoms with Gasteiger partial charge in [0, 0.05) is 0 Å². The van der Waals surface area contributed by atoms with Crippen molar-refractivity contribution in [3.63, 3.8) is 0 Å². The molecule has 0 aromatic rings. The van der Waals surface area contributed by atoms with Crippen LogP contribution in [-0.4, -0.2) is 0 Å². The lowest BCUT2D eigenvalue weighted by molar-refractivity contribution is 0.252. The van der Waals surface area contributed by atoms with Crippen LogP contribution in [-0.2, 0) is 0 Å². The predicted molar refractivity (Wildman–Crippen MR) is 55.2 cm³/mol. The topological polar surface area (TPSA) is 0 Å². The molecule has 0 saturated heterocycles. The van der Waals surface area contributed by atoms with E-state index in [4.69, 9.17) is 0 Å². The Bertz CT molecular complexity index is 115. The van der Waals surface area contributed by atoms with E-state index in [0.29, 0.717) is 0 Å². The lowest BCUT2D eigenvalue weighted by Crippen LogP contribution is -2.14. The second-order valence-electron chi connectivity index (χ2n) is 4.98. The largest absolute Gasteiger partial charge is 0.0625 e. The van der Waals surface area contributed by atoms with Crippen LogP contribution in [0.5, 0.6) is 0 Å². The fraction of sp³-hybridized carbons (Fsp3) is 1.00. The molecule has 1 aliphatic rings. The first kappa shape index (κ1) is 10.1. The Morgan fingerprint density at radius 2 is 1.67 bits per heavy atom. The number of hydrogen-bond acceptors (Lipinski definition) is 0. The van der Waals surface area contributed by atoms with E-state index in [0.717, 1.165) is 17.8 Å². The fourth-order valence-electron chi connectivity index (χ4n) is 2.43. The molecule has 1 aliphatic carbocycles. The van der Waals surface area contributed by atoms with Gasteiger partial charge >= 0.3 is 0 Å². The molecule has 0 spiro atoms. The maximum absolute atomic E-state index is 2.43. The first-order valence-electron chi connectivity index (χ1n) is 5.70. The van der Waals surface area contributed by atoms with Gasteiger partial charge in [0.15, 0.2) is 0 Å². The van der Waals surface area contributed by atoms with Gasteiger partial charge < -0.3 is 0 Å². The Morgan fingerprint density at radius 1 is 1.00 bits per heavy atom. The summed E-state index contributed by atoms with van der Waals surface area (Å²) in [5.74, 6) is 2.91. The van der Waals surface area contributed by atoms with Crippen LogP contribution in [0, 0.1) is 17.8 Å². The Balaban J connectivity index is 2.38. The Hall–Kier alpha value is 0. The lowest BCUT2D eigenvalue weighted by Gasteiger charge is -2.26. The van der Waals surface area contributed by atoms with Gasteiger partial charge in [0.1, 0.15) is 0 Å². The van der Waals surface area contributed by atoms with Crippen LogP contribution in [0.2, 0.25) is 0 Å². The predicted octanol–water partition coefficient (Wildman–Crippen LogP) is 4.25. The zero-order chi connectivity index (χ0) is 8.97. The SMILES string of the molecule is CC1CCCCCC(C(C)C)C1. The molecule has 0 aromatic heterocycles. The Labute approximate surface area is 77.7 Å². The summed E-state index contributed by atoms with van der Waals surface area (Å²) in [4.78, 5) is 0. The molecule has 0 aliphatic heterocycles. The van der Waals surface area contributed by atoms with Crippen molar-refractivity contribution < 1.29 is 0 Å². The summed E-state index contributed by atoms with van der Waals surface area (Å²) in [5, 5.41) is 0. The van der Waals surface area contributed by atoms with Crippen molar-refractivity contribution in [2.75, 3.05) is 0 Å². The van der Waals surface area contributed by atoms with Crippen LogP contribution >= 0.6 is 0 Å². The van der Waals surface area contributed by atoms with Crippen LogP contribution < -0.4 is 0 Å². The number of hydrogen-bond donors (Lipinski definition) is 0. The molecule has 0 heteroatoms. The second-order valence-corrected chi connectivity index (χ2v) is 4.98. The summed E-state index contributed by atoms with van der Waals surface area (Å²) in [6, 6.07) is 0. The van der Waals surface area contributed by atoms with E-state index >= 15 is 0 Å². The fourth-order valence-corrected chi connectivity index (χ4v) is 2.43. The van der Waals surface area contributed by atoms with Crippen LogP contribution in [0.3, 0.4) is 0 Å². The molecule has 1 saturated carbocycles. The summed E-state index contributed by atoms with van der Waals surface area (Å²) in [7, 11) is 0. The molecule has 0 N–H and O–H groups in total. The quantitative estimate of drug-likeness (QED) is 0.549. The van der Waals surface area contributed by atoms with Crippen molar-refractivity contribution >= 4 is 0 Å². The van der Waals surface area contributed by atoms with Gasteiger partial charge in [-0.3, -0.25) is 0 Å². The van der Waals surface area contributed by atoms with Crippen molar-refractivity contribution in [2.45, 2.75) is 59.3 Å². The van der Waals surface area contributed by atoms with Crippen molar-refractivity contribution in [3.8, 4) is 0 Å². The minimum atomic E-state index is 0.908. The molecule has 72 valence electrons. The van der Waals surface area contributed by atoms with E-state index in [2.05, 4.69) is 20.8 Å². The molecule has 12 heavy (non-hydrogen) atoms. The maximum Gasteiger partial charge on any atom is -0.0389 e. The smallest absolute Gasteiger partial charge is 0.0389 e. The summed E-state index contributed by atoms with van der Waals surface area (Å²) in [5.41, 5.74) is 0. The molecule has 0 nitrogen and oxygen atoms in total. The van der Waals surface area contributed by atoms with Crippen molar-refractivity contribution in [1.29, 1.82) is 0 Å². The highest BCUT2D eigenvalue weighted by Crippen LogP contribution is 2.30. The average Bonchev–Trinajstić information content (AvgIpc) is 1.95. The maximum atomic E-state index is 2.43. The summed E-state index contributed by atoms with van der Waals surface area (Å²) < 4.78 is 0. The van der Waals surface area contributed by atoms with E-state index in [-0.39, 0.29) is 0 Å². The van der Waals surface area contributed by atoms with Gasteiger partial charge in [-0.05, 0) is 24.2 Å². The summed E-state index contributed by atoms with van der Waals surface area (Å²) >= 11 is 0. The zero-order valence-electron chi connectivity index (χ0n) is 8.97. The zero-order valence-corrected chi connectivity index (χ0v) is 8.97. The van der Waals surface area contributed by atoms with Crippen LogP contribution in [0.1, 0.15) is 59.3 Å². The average molecular weight is 168 g/mol. The minimum absolute atomic E-state index is 0.908. The molecule has 2 atom stereocenters. The third kappa shape index (κ3) is 3.16. The van der Waals surface area contributed by atoms with Gasteiger partial charge in [0.05, 0.1) is 0 Å². The highest BCUT2D eigenvalue weighted by atomic mass is 14.2. The first-order chi connectivity index (χ1) is 5.70. The van der Waals surface area contributed by atoms with Crippen molar-refractivity contribution in [1.82, 2.24) is 0 Å². The van der Waals surface area contributed by atoms with E-state index in [9.17, 15) is 0 Å². The molecular weight excluding hydrogens is 144 g/mol. The van der Waals surface area contributed by atoms with Gasteiger partial charge in [-0.15, -0.1) is 0 Å². The third-order valence-corrected chi connectivity index (χ3v) is 3.42. The standard InChI is InChI=1S/C12H24/c1-10(2)12-8-6-4-5-7-11(3)9-12/h10-12H,4-9H2,1-3H3.